The maximum atomic E-state index is 10.4. The summed E-state index contributed by atoms with van der Waals surface area (Å²) < 4.78 is 31.1. The number of hydrogen-bond acceptors (Lipinski definition) is 5. The number of benzene rings is 1. The zero-order valence-electron chi connectivity index (χ0n) is 9.36. The normalized spacial score (nSPS) is 10.0. The van der Waals surface area contributed by atoms with Crippen LogP contribution in [0.15, 0.2) is 24.3 Å². The second-order valence-corrected chi connectivity index (χ2v) is 8.86. The van der Waals surface area contributed by atoms with Gasteiger partial charge >= 0.3 is 194 Å². The summed E-state index contributed by atoms with van der Waals surface area (Å²) in [5.41, 5.74) is 0.569. The number of nitro groups is 1. The smallest absolute Gasteiger partial charge is 1.00 e. The Morgan fingerprint density at radius 3 is 2.00 bits per heavy atom. The third kappa shape index (κ3) is 9.93. The molecule has 0 heterocycles. The summed E-state index contributed by atoms with van der Waals surface area (Å²) in [7, 11) is -4.14. The number of nitro benzene ring substituents is 1. The molecule has 0 saturated carbocycles. The molecule has 0 fully saturated rings. The molecule has 0 unspecified atom stereocenters. The molecule has 0 N–H and O–H groups in total. The fourth-order valence-electron chi connectivity index (χ4n) is 0.877. The molecule has 0 atom stereocenters. The Morgan fingerprint density at radius 1 is 1.18 bits per heavy atom. The molecule has 0 spiro atoms. The Hall–Kier alpha value is 2.48. The van der Waals surface area contributed by atoms with Crippen molar-refractivity contribution in [2.24, 2.45) is 0 Å². The summed E-state index contributed by atoms with van der Waals surface area (Å²) in [4.78, 5) is 9.76. The second kappa shape index (κ2) is 10.2. The molecule has 0 aliphatic rings. The van der Waals surface area contributed by atoms with Crippen LogP contribution in [0, 0.1) is 10.1 Å². The van der Waals surface area contributed by atoms with Crippen molar-refractivity contribution in [3.05, 3.63) is 39.9 Å². The number of hydrogen-bond donors (Lipinski definition) is 0. The maximum absolute atomic E-state index is 10.4. The molecule has 0 amide bonds. The van der Waals surface area contributed by atoms with E-state index in [9.17, 15) is 23.4 Å². The van der Waals surface area contributed by atoms with Gasteiger partial charge in [0, 0.05) is 0 Å². The Kier molecular flexibility index (Phi) is 13.1. The molecule has 1 rings (SSSR count). The number of non-ortho nitro benzene ring substituents is 1. The second-order valence-electron chi connectivity index (χ2n) is 2.64. The standard InChI is InChI=1S/C7H9NO5SSe.2K/c9-8(10)7-3-1-6(2-4-7)5-15-14(11,12)13;;/h1-4,15H,5H2,(H2,11,12,13);;/q;2*+1/p-2. The van der Waals surface area contributed by atoms with Crippen LogP contribution in [0.5, 0.6) is 0 Å². The van der Waals surface area contributed by atoms with E-state index in [1.54, 1.807) is 0 Å². The molecule has 0 aliphatic heterocycles. The first kappa shape index (κ1) is 21.8. The van der Waals surface area contributed by atoms with Gasteiger partial charge in [0.25, 0.3) is 0 Å². The Morgan fingerprint density at radius 2 is 1.65 bits per heavy atom. The van der Waals surface area contributed by atoms with E-state index in [4.69, 9.17) is 0 Å². The number of nitrogens with zero attached hydrogens (tertiary/aromatic N) is 1. The van der Waals surface area contributed by atoms with E-state index in [-0.39, 0.29) is 114 Å². The van der Waals surface area contributed by atoms with E-state index in [2.05, 4.69) is 0 Å². The van der Waals surface area contributed by atoms with Gasteiger partial charge in [-0.25, -0.2) is 0 Å². The van der Waals surface area contributed by atoms with Crippen LogP contribution in [0.1, 0.15) is 5.56 Å². The molecule has 1 aromatic carbocycles. The van der Waals surface area contributed by atoms with E-state index in [0.717, 1.165) is 0 Å². The van der Waals surface area contributed by atoms with E-state index in [1.807, 2.05) is 0 Å². The van der Waals surface area contributed by atoms with Crippen LogP contribution in [0.25, 0.3) is 0 Å². The van der Waals surface area contributed by atoms with Crippen molar-refractivity contribution >= 4 is 27.4 Å². The maximum Gasteiger partial charge on any atom is 1.00 e. The molecule has 0 aromatic heterocycles. The van der Waals surface area contributed by atoms with Gasteiger partial charge < -0.3 is 0 Å². The fourth-order valence-corrected chi connectivity index (χ4v) is 3.56. The van der Waals surface area contributed by atoms with Gasteiger partial charge in [-0.15, -0.1) is 0 Å². The largest absolute Gasteiger partial charge is 1.00 e. The molecule has 6 nitrogen and oxygen atoms in total. The summed E-state index contributed by atoms with van der Waals surface area (Å²) in [6, 6.07) is 5.49. The van der Waals surface area contributed by atoms with Crippen LogP contribution in [0.4, 0.5) is 5.69 Å². The minimum absolute atomic E-state index is 0. The van der Waals surface area contributed by atoms with Crippen LogP contribution >= 0.6 is 0 Å². The molecule has 0 bridgehead atoms. The molecular formula is C7H7K2NO5SSe. The zero-order valence-corrected chi connectivity index (χ0v) is 18.3. The molecule has 17 heavy (non-hydrogen) atoms. The first-order valence-corrected chi connectivity index (χ1v) is 8.75. The molecule has 10 heteroatoms. The SMILES string of the molecule is O=[N+]([O-])c1ccc(C[SeH]=S(=O)([O-])[O-])cc1.[K+].[K+]. The van der Waals surface area contributed by atoms with Gasteiger partial charge in [0.05, 0.1) is 0 Å². The summed E-state index contributed by atoms with van der Waals surface area (Å²) in [5.74, 6) is 0. The zero-order chi connectivity index (χ0) is 11.5. The Labute approximate surface area is 189 Å². The summed E-state index contributed by atoms with van der Waals surface area (Å²) in [6.07, 6.45) is 0. The monoisotopic (exact) mass is 375 g/mol. The minimum atomic E-state index is -4.14. The van der Waals surface area contributed by atoms with Crippen molar-refractivity contribution in [3.8, 4) is 0 Å². The van der Waals surface area contributed by atoms with Crippen molar-refractivity contribution in [3.63, 3.8) is 0 Å². The van der Waals surface area contributed by atoms with Gasteiger partial charge in [-0.05, 0) is 0 Å². The average Bonchev–Trinajstić information content (AvgIpc) is 2.14. The molecule has 0 aliphatic carbocycles. The third-order valence-corrected chi connectivity index (χ3v) is 5.57. The predicted molar refractivity (Wildman–Crippen MR) is 53.6 cm³/mol. The minimum Gasteiger partial charge on any atom is 1.00 e. The van der Waals surface area contributed by atoms with Gasteiger partial charge in [-0.1, -0.05) is 0 Å². The van der Waals surface area contributed by atoms with Crippen LogP contribution in [0.2, 0.25) is 0 Å². The number of rotatable bonds is 3. The van der Waals surface area contributed by atoms with Crippen molar-refractivity contribution in [2.75, 3.05) is 0 Å². The first-order valence-electron chi connectivity index (χ1n) is 3.76. The quantitative estimate of drug-likeness (QED) is 0.298. The van der Waals surface area contributed by atoms with Crippen molar-refractivity contribution in [1.29, 1.82) is 0 Å². The Balaban J connectivity index is 0. The molecule has 0 saturated heterocycles. The summed E-state index contributed by atoms with van der Waals surface area (Å²) >= 11 is -1.33. The first-order chi connectivity index (χ1) is 6.88. The van der Waals surface area contributed by atoms with Crippen LogP contribution in [-0.4, -0.2) is 31.6 Å². The van der Waals surface area contributed by atoms with Crippen molar-refractivity contribution in [1.82, 2.24) is 0 Å². The topological polar surface area (TPSA) is 106 Å². The van der Waals surface area contributed by atoms with Crippen LogP contribution < -0.4 is 103 Å². The van der Waals surface area contributed by atoms with E-state index < -0.39 is 26.7 Å². The fraction of sp³-hybridized carbons (Fsp3) is 0.143. The van der Waals surface area contributed by atoms with E-state index in [1.165, 1.54) is 24.3 Å². The summed E-state index contributed by atoms with van der Waals surface area (Å²) in [5, 5.41) is 10.5. The molecule has 84 valence electrons. The van der Waals surface area contributed by atoms with Gasteiger partial charge in [-0.3, -0.25) is 0 Å². The molecule has 0 radical (unpaired) electrons. The van der Waals surface area contributed by atoms with Gasteiger partial charge in [0.2, 0.25) is 0 Å². The van der Waals surface area contributed by atoms with Crippen LogP contribution in [0.3, 0.4) is 0 Å². The van der Waals surface area contributed by atoms with Crippen molar-refractivity contribution < 1.29 is 121 Å². The summed E-state index contributed by atoms with van der Waals surface area (Å²) in [6.45, 7) is 0. The predicted octanol–water partition coefficient (Wildman–Crippen LogP) is -6.00. The van der Waals surface area contributed by atoms with Gasteiger partial charge in [0.15, 0.2) is 0 Å². The van der Waals surface area contributed by atoms with E-state index >= 15 is 0 Å². The average molecular weight is 374 g/mol. The molecular weight excluding hydrogens is 367 g/mol. The van der Waals surface area contributed by atoms with Crippen LogP contribution in [-0.2, 0) is 13.7 Å². The third-order valence-electron chi connectivity index (χ3n) is 1.55. The van der Waals surface area contributed by atoms with E-state index in [0.29, 0.717) is 5.56 Å². The van der Waals surface area contributed by atoms with Gasteiger partial charge in [-0.2, -0.15) is 0 Å². The molecule has 1 aromatic rings. The van der Waals surface area contributed by atoms with Crippen molar-refractivity contribution in [2.45, 2.75) is 5.32 Å². The Bertz CT molecular complexity index is 478. The van der Waals surface area contributed by atoms with Gasteiger partial charge in [0.1, 0.15) is 0 Å².